The number of hydrogen-bond donors (Lipinski definition) is 1. The average molecular weight is 237 g/mol. The fourth-order valence-corrected chi connectivity index (χ4v) is 2.19. The molecule has 0 saturated carbocycles. The molecule has 0 amide bonds. The maximum absolute atomic E-state index is 5.71. The van der Waals surface area contributed by atoms with Crippen molar-refractivity contribution < 1.29 is 4.52 Å². The third-order valence-electron chi connectivity index (χ3n) is 2.60. The Hall–Kier alpha value is -1.20. The summed E-state index contributed by atoms with van der Waals surface area (Å²) in [5, 5.41) is 7.97. The highest BCUT2D eigenvalue weighted by atomic mass is 32.1. The highest BCUT2D eigenvalue weighted by Gasteiger charge is 2.21. The van der Waals surface area contributed by atoms with E-state index in [1.165, 1.54) is 0 Å². The van der Waals surface area contributed by atoms with E-state index in [0.717, 1.165) is 5.56 Å². The summed E-state index contributed by atoms with van der Waals surface area (Å²) < 4.78 is 5.27. The van der Waals surface area contributed by atoms with E-state index in [9.17, 15) is 0 Å². The first-order chi connectivity index (χ1) is 7.72. The summed E-state index contributed by atoms with van der Waals surface area (Å²) in [6.45, 7) is 4.74. The monoisotopic (exact) mass is 237 g/mol. The third kappa shape index (κ3) is 2.15. The quantitative estimate of drug-likeness (QED) is 0.887. The van der Waals surface area contributed by atoms with E-state index < -0.39 is 0 Å². The Bertz CT molecular complexity index is 436. The predicted molar refractivity (Wildman–Crippen MR) is 64.2 cm³/mol. The van der Waals surface area contributed by atoms with Crippen LogP contribution in [0.15, 0.2) is 21.3 Å². The van der Waals surface area contributed by atoms with Gasteiger partial charge in [-0.1, -0.05) is 19.0 Å². The molecule has 1 unspecified atom stereocenters. The van der Waals surface area contributed by atoms with Gasteiger partial charge >= 0.3 is 0 Å². The van der Waals surface area contributed by atoms with E-state index in [1.807, 2.05) is 16.8 Å². The van der Waals surface area contributed by atoms with Crippen LogP contribution in [0, 0.1) is 5.92 Å². The Morgan fingerprint density at radius 2 is 2.31 bits per heavy atom. The maximum atomic E-state index is 5.71. The van der Waals surface area contributed by atoms with E-state index in [4.69, 9.17) is 10.3 Å². The number of hydrogen-bond acceptors (Lipinski definition) is 5. The lowest BCUT2D eigenvalue weighted by Gasteiger charge is -2.13. The van der Waals surface area contributed by atoms with Gasteiger partial charge < -0.3 is 10.3 Å². The molecule has 2 aromatic heterocycles. The zero-order valence-electron chi connectivity index (χ0n) is 9.38. The van der Waals surface area contributed by atoms with Crippen LogP contribution >= 0.6 is 11.3 Å². The van der Waals surface area contributed by atoms with E-state index in [0.29, 0.717) is 24.2 Å². The fourth-order valence-electron chi connectivity index (χ4n) is 1.55. The van der Waals surface area contributed by atoms with Gasteiger partial charge in [0.1, 0.15) is 0 Å². The fraction of sp³-hybridized carbons (Fsp3) is 0.455. The van der Waals surface area contributed by atoms with Crippen molar-refractivity contribution >= 4 is 11.3 Å². The minimum Gasteiger partial charge on any atom is -0.339 e. The van der Waals surface area contributed by atoms with Crippen LogP contribution in [0.1, 0.15) is 25.7 Å². The summed E-state index contributed by atoms with van der Waals surface area (Å²) in [4.78, 5) is 4.39. The normalized spacial score (nSPS) is 13.2. The summed E-state index contributed by atoms with van der Waals surface area (Å²) in [7, 11) is 0. The van der Waals surface area contributed by atoms with Gasteiger partial charge in [-0.3, -0.25) is 0 Å². The zero-order chi connectivity index (χ0) is 11.5. The largest absolute Gasteiger partial charge is 0.339 e. The number of nitrogens with zero attached hydrogens (tertiary/aromatic N) is 2. The molecule has 0 bridgehead atoms. The molecule has 0 radical (unpaired) electrons. The van der Waals surface area contributed by atoms with Crippen molar-refractivity contribution in [2.75, 3.05) is 6.54 Å². The minimum atomic E-state index is 0.139. The summed E-state index contributed by atoms with van der Waals surface area (Å²) in [5.41, 5.74) is 6.71. The molecule has 0 aliphatic rings. The molecule has 4 nitrogen and oxygen atoms in total. The molecule has 2 aromatic rings. The van der Waals surface area contributed by atoms with Gasteiger partial charge in [-0.15, -0.1) is 0 Å². The smallest absolute Gasteiger partial charge is 0.231 e. The van der Waals surface area contributed by atoms with Gasteiger partial charge in [0.05, 0.1) is 5.92 Å². The molecule has 86 valence electrons. The second-order valence-electron chi connectivity index (χ2n) is 4.05. The van der Waals surface area contributed by atoms with Crippen molar-refractivity contribution in [3.63, 3.8) is 0 Å². The standard InChI is InChI=1S/C11H15N3OS/c1-7(2)9(5-12)11-13-10(14-15-11)8-3-4-16-6-8/h3-4,6-7,9H,5,12H2,1-2H3. The summed E-state index contributed by atoms with van der Waals surface area (Å²) >= 11 is 1.62. The average Bonchev–Trinajstić information content (AvgIpc) is 2.86. The van der Waals surface area contributed by atoms with E-state index in [2.05, 4.69) is 24.0 Å². The van der Waals surface area contributed by atoms with E-state index in [-0.39, 0.29) is 5.92 Å². The SMILES string of the molecule is CC(C)C(CN)c1nc(-c2ccsc2)no1. The Kier molecular flexibility index (Phi) is 3.36. The van der Waals surface area contributed by atoms with Crippen molar-refractivity contribution in [3.8, 4) is 11.4 Å². The molecular formula is C11H15N3OS. The highest BCUT2D eigenvalue weighted by molar-refractivity contribution is 7.08. The molecule has 0 aliphatic heterocycles. The maximum Gasteiger partial charge on any atom is 0.231 e. The topological polar surface area (TPSA) is 64.9 Å². The molecule has 5 heteroatoms. The predicted octanol–water partition coefficient (Wildman–Crippen LogP) is 2.50. The van der Waals surface area contributed by atoms with Crippen LogP contribution in [0.5, 0.6) is 0 Å². The molecule has 0 saturated heterocycles. The first kappa shape index (κ1) is 11.3. The lowest BCUT2D eigenvalue weighted by atomic mass is 9.96. The van der Waals surface area contributed by atoms with Gasteiger partial charge in [0.15, 0.2) is 0 Å². The van der Waals surface area contributed by atoms with E-state index >= 15 is 0 Å². The second kappa shape index (κ2) is 4.76. The Morgan fingerprint density at radius 3 is 2.88 bits per heavy atom. The van der Waals surface area contributed by atoms with Gasteiger partial charge in [0, 0.05) is 17.5 Å². The van der Waals surface area contributed by atoms with Crippen LogP contribution in [-0.2, 0) is 0 Å². The first-order valence-electron chi connectivity index (χ1n) is 5.28. The van der Waals surface area contributed by atoms with E-state index in [1.54, 1.807) is 11.3 Å². The number of nitrogens with two attached hydrogens (primary N) is 1. The van der Waals surface area contributed by atoms with Gasteiger partial charge in [-0.25, -0.2) is 0 Å². The van der Waals surface area contributed by atoms with Crippen LogP contribution in [0.25, 0.3) is 11.4 Å². The second-order valence-corrected chi connectivity index (χ2v) is 4.83. The molecule has 0 aliphatic carbocycles. The minimum absolute atomic E-state index is 0.139. The van der Waals surface area contributed by atoms with Crippen molar-refractivity contribution in [2.45, 2.75) is 19.8 Å². The van der Waals surface area contributed by atoms with Crippen molar-refractivity contribution in [3.05, 3.63) is 22.7 Å². The summed E-state index contributed by atoms with van der Waals surface area (Å²) in [5.74, 6) is 1.83. The van der Waals surface area contributed by atoms with Gasteiger partial charge in [0.25, 0.3) is 0 Å². The molecule has 2 heterocycles. The number of thiophene rings is 1. The van der Waals surface area contributed by atoms with Crippen molar-refractivity contribution in [1.29, 1.82) is 0 Å². The summed E-state index contributed by atoms with van der Waals surface area (Å²) in [6.07, 6.45) is 0. The molecule has 1 atom stereocenters. The lowest BCUT2D eigenvalue weighted by molar-refractivity contribution is 0.324. The van der Waals surface area contributed by atoms with Crippen LogP contribution in [0.2, 0.25) is 0 Å². The van der Waals surface area contributed by atoms with Gasteiger partial charge in [0.2, 0.25) is 11.7 Å². The Morgan fingerprint density at radius 1 is 1.50 bits per heavy atom. The van der Waals surface area contributed by atoms with Crippen LogP contribution in [0.3, 0.4) is 0 Å². The van der Waals surface area contributed by atoms with Gasteiger partial charge in [-0.05, 0) is 17.4 Å². The lowest BCUT2D eigenvalue weighted by Crippen LogP contribution is -2.18. The van der Waals surface area contributed by atoms with Crippen LogP contribution in [0.4, 0.5) is 0 Å². The molecule has 2 rings (SSSR count). The Balaban J connectivity index is 2.25. The van der Waals surface area contributed by atoms with Crippen molar-refractivity contribution in [1.82, 2.24) is 10.1 Å². The highest BCUT2D eigenvalue weighted by Crippen LogP contribution is 2.25. The molecule has 0 spiro atoms. The molecule has 0 aromatic carbocycles. The van der Waals surface area contributed by atoms with Gasteiger partial charge in [-0.2, -0.15) is 16.3 Å². The third-order valence-corrected chi connectivity index (χ3v) is 3.28. The molecular weight excluding hydrogens is 222 g/mol. The Labute approximate surface area is 98.5 Å². The van der Waals surface area contributed by atoms with Crippen molar-refractivity contribution in [2.24, 2.45) is 11.7 Å². The first-order valence-corrected chi connectivity index (χ1v) is 6.23. The number of aromatic nitrogens is 2. The summed E-state index contributed by atoms with van der Waals surface area (Å²) in [6, 6.07) is 1.98. The molecule has 2 N–H and O–H groups in total. The molecule has 16 heavy (non-hydrogen) atoms. The van der Waals surface area contributed by atoms with Crippen LogP contribution in [-0.4, -0.2) is 16.7 Å². The van der Waals surface area contributed by atoms with Crippen LogP contribution < -0.4 is 5.73 Å². The zero-order valence-corrected chi connectivity index (χ0v) is 10.2. The molecule has 0 fully saturated rings. The number of rotatable bonds is 4.